The van der Waals surface area contributed by atoms with Crippen LogP contribution in [0.3, 0.4) is 0 Å². The quantitative estimate of drug-likeness (QED) is 0.590. The number of aromatic nitrogens is 1. The molecular weight excluding hydrogens is 370 g/mol. The molecule has 1 aliphatic heterocycles. The van der Waals surface area contributed by atoms with Gasteiger partial charge in [-0.15, -0.1) is 0 Å². The molecule has 28 heavy (non-hydrogen) atoms. The topological polar surface area (TPSA) is 44.5 Å². The van der Waals surface area contributed by atoms with Crippen LogP contribution in [0.2, 0.25) is 0 Å². The first-order valence-corrected chi connectivity index (χ1v) is 8.90. The number of halogens is 3. The molecule has 4 rings (SSSR count). The molecule has 146 valence electrons. The predicted molar refractivity (Wildman–Crippen MR) is 100 cm³/mol. The fraction of sp³-hybridized carbons (Fsp3) is 0.350. The maximum absolute atomic E-state index is 12.7. The Labute approximate surface area is 160 Å². The smallest absolute Gasteiger partial charge is 0.436 e. The normalized spacial score (nSPS) is 18.8. The fourth-order valence-corrected chi connectivity index (χ4v) is 2.99. The molecule has 1 aliphatic rings. The van der Waals surface area contributed by atoms with Crippen LogP contribution in [0, 0.1) is 0 Å². The average Bonchev–Trinajstić information content (AvgIpc) is 3.11. The lowest BCUT2D eigenvalue weighted by atomic mass is 9.79. The highest BCUT2D eigenvalue weighted by Crippen LogP contribution is 2.37. The van der Waals surface area contributed by atoms with Crippen molar-refractivity contribution in [1.29, 1.82) is 0 Å². The predicted octanol–water partition coefficient (Wildman–Crippen LogP) is 4.81. The van der Waals surface area contributed by atoms with E-state index in [0.717, 1.165) is 17.6 Å². The maximum Gasteiger partial charge on any atom is 0.494 e. The molecule has 0 spiro atoms. The summed E-state index contributed by atoms with van der Waals surface area (Å²) in [6.45, 7) is 7.90. The first-order chi connectivity index (χ1) is 13.0. The fourth-order valence-electron chi connectivity index (χ4n) is 2.99. The number of hydrogen-bond acceptors (Lipinski definition) is 4. The van der Waals surface area contributed by atoms with Crippen LogP contribution in [0.15, 0.2) is 46.9 Å². The van der Waals surface area contributed by atoms with Gasteiger partial charge in [-0.2, -0.15) is 13.2 Å². The van der Waals surface area contributed by atoms with Gasteiger partial charge in [0, 0.05) is 5.56 Å². The third-order valence-corrected chi connectivity index (χ3v) is 5.40. The Kier molecular flexibility index (Phi) is 4.14. The number of hydrogen-bond donors (Lipinski definition) is 0. The summed E-state index contributed by atoms with van der Waals surface area (Å²) in [5.41, 5.74) is 0.758. The zero-order chi connectivity index (χ0) is 20.3. The van der Waals surface area contributed by atoms with Gasteiger partial charge in [0.05, 0.1) is 16.8 Å². The van der Waals surface area contributed by atoms with E-state index in [2.05, 4.69) is 4.98 Å². The van der Waals surface area contributed by atoms with E-state index in [1.807, 2.05) is 33.8 Å². The molecule has 0 radical (unpaired) electrons. The lowest BCUT2D eigenvalue weighted by molar-refractivity contribution is -0.137. The number of alkyl halides is 3. The van der Waals surface area contributed by atoms with Gasteiger partial charge >= 0.3 is 13.3 Å². The van der Waals surface area contributed by atoms with Gasteiger partial charge in [-0.25, -0.2) is 4.98 Å². The van der Waals surface area contributed by atoms with E-state index in [1.54, 1.807) is 12.1 Å². The summed E-state index contributed by atoms with van der Waals surface area (Å²) in [7, 11) is -0.533. The Morgan fingerprint density at radius 3 is 2.07 bits per heavy atom. The van der Waals surface area contributed by atoms with E-state index >= 15 is 0 Å². The van der Waals surface area contributed by atoms with Crippen LogP contribution in [0.5, 0.6) is 0 Å². The maximum atomic E-state index is 12.7. The first-order valence-electron chi connectivity index (χ1n) is 8.90. The van der Waals surface area contributed by atoms with Crippen molar-refractivity contribution in [1.82, 2.24) is 4.98 Å². The van der Waals surface area contributed by atoms with Gasteiger partial charge in [-0.1, -0.05) is 6.07 Å². The van der Waals surface area contributed by atoms with Crippen LogP contribution in [0.25, 0.3) is 22.6 Å². The molecule has 0 amide bonds. The summed E-state index contributed by atoms with van der Waals surface area (Å²) in [5, 5.41) is 0. The monoisotopic (exact) mass is 389 g/mol. The Morgan fingerprint density at radius 2 is 1.50 bits per heavy atom. The van der Waals surface area contributed by atoms with Crippen LogP contribution >= 0.6 is 0 Å². The van der Waals surface area contributed by atoms with Crippen molar-refractivity contribution in [3.63, 3.8) is 0 Å². The van der Waals surface area contributed by atoms with Gasteiger partial charge in [-0.05, 0) is 69.6 Å². The van der Waals surface area contributed by atoms with Crippen LogP contribution in [0.4, 0.5) is 13.2 Å². The number of oxazole rings is 1. The summed E-state index contributed by atoms with van der Waals surface area (Å²) in [5.74, 6) is 0.259. The molecule has 0 aliphatic carbocycles. The van der Waals surface area contributed by atoms with Gasteiger partial charge in [0.15, 0.2) is 5.58 Å². The zero-order valence-corrected chi connectivity index (χ0v) is 15.9. The van der Waals surface area contributed by atoms with E-state index in [1.165, 1.54) is 12.1 Å². The van der Waals surface area contributed by atoms with E-state index in [9.17, 15) is 13.2 Å². The summed E-state index contributed by atoms with van der Waals surface area (Å²) in [6, 6.07) is 10.2. The number of rotatable bonds is 2. The molecule has 3 aromatic rings. The molecular formula is C20H19BF3NO3. The highest BCUT2D eigenvalue weighted by Gasteiger charge is 2.51. The van der Waals surface area contributed by atoms with Gasteiger partial charge < -0.3 is 13.7 Å². The summed E-state index contributed by atoms with van der Waals surface area (Å²) in [6.07, 6.45) is -4.38. The molecule has 1 saturated heterocycles. The molecule has 1 aromatic heterocycles. The second-order valence-electron chi connectivity index (χ2n) is 7.91. The van der Waals surface area contributed by atoms with Crippen LogP contribution in [0.1, 0.15) is 33.3 Å². The number of benzene rings is 2. The standard InChI is InChI=1S/C20H19BF3NO3/c1-18(2)19(3,4)28-21(27-18)14-9-10-15-16(11-14)26-17(25-15)12-5-7-13(8-6-12)20(22,23)24/h5-11H,1-4H3. The van der Waals surface area contributed by atoms with Crippen molar-refractivity contribution in [2.75, 3.05) is 0 Å². The highest BCUT2D eigenvalue weighted by atomic mass is 19.4. The van der Waals surface area contributed by atoms with Crippen LogP contribution in [-0.4, -0.2) is 23.3 Å². The van der Waals surface area contributed by atoms with E-state index in [-0.39, 0.29) is 5.89 Å². The minimum atomic E-state index is -4.38. The Balaban J connectivity index is 1.64. The summed E-state index contributed by atoms with van der Waals surface area (Å²) >= 11 is 0. The molecule has 2 heterocycles. The molecule has 0 bridgehead atoms. The second-order valence-corrected chi connectivity index (χ2v) is 7.91. The zero-order valence-electron chi connectivity index (χ0n) is 15.9. The number of fused-ring (bicyclic) bond motifs is 1. The van der Waals surface area contributed by atoms with Crippen LogP contribution < -0.4 is 5.46 Å². The SMILES string of the molecule is CC1(C)OB(c2ccc3nc(-c4ccc(C(F)(F)F)cc4)oc3c2)OC1(C)C. The van der Waals surface area contributed by atoms with Crippen molar-refractivity contribution in [3.05, 3.63) is 48.0 Å². The highest BCUT2D eigenvalue weighted by molar-refractivity contribution is 6.62. The molecule has 1 fully saturated rings. The van der Waals surface area contributed by atoms with Crippen molar-refractivity contribution >= 4 is 23.7 Å². The van der Waals surface area contributed by atoms with Gasteiger partial charge in [0.25, 0.3) is 0 Å². The lowest BCUT2D eigenvalue weighted by Crippen LogP contribution is -2.41. The second kappa shape index (κ2) is 6.09. The largest absolute Gasteiger partial charge is 0.494 e. The molecule has 2 aromatic carbocycles. The van der Waals surface area contributed by atoms with Crippen molar-refractivity contribution in [2.45, 2.75) is 45.1 Å². The molecule has 0 N–H and O–H groups in total. The summed E-state index contributed by atoms with van der Waals surface area (Å²) in [4.78, 5) is 4.37. The lowest BCUT2D eigenvalue weighted by Gasteiger charge is -2.32. The summed E-state index contributed by atoms with van der Waals surface area (Å²) < 4.78 is 56.1. The van der Waals surface area contributed by atoms with Gasteiger partial charge in [0.1, 0.15) is 5.52 Å². The van der Waals surface area contributed by atoms with Gasteiger partial charge in [0.2, 0.25) is 5.89 Å². The first kappa shape index (κ1) is 19.0. The van der Waals surface area contributed by atoms with Gasteiger partial charge in [-0.3, -0.25) is 0 Å². The van der Waals surface area contributed by atoms with Crippen molar-refractivity contribution in [2.24, 2.45) is 0 Å². The van der Waals surface area contributed by atoms with E-state index < -0.39 is 30.1 Å². The third-order valence-electron chi connectivity index (χ3n) is 5.40. The minimum Gasteiger partial charge on any atom is -0.436 e. The molecule has 4 nitrogen and oxygen atoms in total. The Morgan fingerprint density at radius 1 is 0.893 bits per heavy atom. The van der Waals surface area contributed by atoms with Crippen molar-refractivity contribution < 1.29 is 26.9 Å². The third kappa shape index (κ3) is 3.20. The molecule has 0 saturated carbocycles. The van der Waals surface area contributed by atoms with E-state index in [0.29, 0.717) is 16.7 Å². The number of nitrogens with zero attached hydrogens (tertiary/aromatic N) is 1. The Bertz CT molecular complexity index is 1010. The average molecular weight is 389 g/mol. The van der Waals surface area contributed by atoms with E-state index in [4.69, 9.17) is 13.7 Å². The minimum absolute atomic E-state index is 0.259. The molecule has 8 heteroatoms. The Hall–Kier alpha value is -2.32. The molecule has 0 unspecified atom stereocenters. The molecule has 0 atom stereocenters. The van der Waals surface area contributed by atoms with Crippen LogP contribution in [-0.2, 0) is 15.5 Å². The van der Waals surface area contributed by atoms with Crippen molar-refractivity contribution in [3.8, 4) is 11.5 Å².